The molecule has 1 saturated heterocycles. The first-order valence-electron chi connectivity index (χ1n) is 6.57. The van der Waals surface area contributed by atoms with Crippen LogP contribution in [0.3, 0.4) is 0 Å². The van der Waals surface area contributed by atoms with Crippen molar-refractivity contribution in [2.75, 3.05) is 37.0 Å². The lowest BCUT2D eigenvalue weighted by atomic mass is 10.2. The predicted molar refractivity (Wildman–Crippen MR) is 71.0 cm³/mol. The van der Waals surface area contributed by atoms with Crippen molar-refractivity contribution in [2.45, 2.75) is 25.6 Å². The van der Waals surface area contributed by atoms with Crippen LogP contribution in [-0.2, 0) is 10.9 Å². The fourth-order valence-electron chi connectivity index (χ4n) is 2.14. The van der Waals surface area contributed by atoms with Gasteiger partial charge in [0.25, 0.3) is 0 Å². The van der Waals surface area contributed by atoms with Crippen molar-refractivity contribution in [1.29, 1.82) is 0 Å². The monoisotopic (exact) mass is 289 g/mol. The Labute approximate surface area is 115 Å². The molecule has 0 aromatic carbocycles. The molecular formula is C13H18F3N3O. The molecule has 1 unspecified atom stereocenters. The zero-order valence-corrected chi connectivity index (χ0v) is 11.5. The first kappa shape index (κ1) is 14.9. The van der Waals surface area contributed by atoms with E-state index in [4.69, 9.17) is 4.74 Å². The number of anilines is 2. The number of halogens is 3. The summed E-state index contributed by atoms with van der Waals surface area (Å²) in [6, 6.07) is 2.11. The number of morpholine rings is 1. The summed E-state index contributed by atoms with van der Waals surface area (Å²) in [5, 5.41) is 2.68. The fraction of sp³-hybridized carbons (Fsp3) is 0.615. The van der Waals surface area contributed by atoms with Gasteiger partial charge in [0.05, 0.1) is 18.3 Å². The molecule has 0 spiro atoms. The number of alkyl halides is 3. The smallest absolute Gasteiger partial charge is 0.375 e. The quantitative estimate of drug-likeness (QED) is 0.928. The van der Waals surface area contributed by atoms with E-state index < -0.39 is 11.7 Å². The number of ether oxygens (including phenoxy) is 1. The molecule has 20 heavy (non-hydrogen) atoms. The third-order valence-electron chi connectivity index (χ3n) is 3.31. The van der Waals surface area contributed by atoms with Crippen LogP contribution in [0.25, 0.3) is 0 Å². The highest BCUT2D eigenvalue weighted by atomic mass is 19.4. The van der Waals surface area contributed by atoms with Crippen molar-refractivity contribution in [1.82, 2.24) is 4.98 Å². The van der Waals surface area contributed by atoms with E-state index in [1.54, 1.807) is 7.05 Å². The number of rotatable bonds is 3. The van der Waals surface area contributed by atoms with E-state index in [1.165, 1.54) is 0 Å². The second kappa shape index (κ2) is 5.87. The molecule has 2 heterocycles. The number of hydrogen-bond acceptors (Lipinski definition) is 4. The Morgan fingerprint density at radius 2 is 2.20 bits per heavy atom. The third-order valence-corrected chi connectivity index (χ3v) is 3.31. The highest BCUT2D eigenvalue weighted by Crippen LogP contribution is 2.33. The molecule has 0 radical (unpaired) electrons. The van der Waals surface area contributed by atoms with Crippen molar-refractivity contribution in [3.05, 3.63) is 17.7 Å². The van der Waals surface area contributed by atoms with Gasteiger partial charge in [0.1, 0.15) is 11.6 Å². The number of hydrogen-bond donors (Lipinski definition) is 1. The molecule has 0 amide bonds. The van der Waals surface area contributed by atoms with Crippen LogP contribution in [0.5, 0.6) is 0 Å². The Balaban J connectivity index is 2.30. The second-order valence-corrected chi connectivity index (χ2v) is 4.69. The largest absolute Gasteiger partial charge is 0.416 e. The predicted octanol–water partition coefficient (Wildman–Crippen LogP) is 2.76. The van der Waals surface area contributed by atoms with Crippen molar-refractivity contribution < 1.29 is 17.9 Å². The van der Waals surface area contributed by atoms with Gasteiger partial charge in [-0.2, -0.15) is 13.2 Å². The highest BCUT2D eigenvalue weighted by molar-refractivity contribution is 5.51. The van der Waals surface area contributed by atoms with Crippen LogP contribution in [-0.4, -0.2) is 37.8 Å². The molecule has 4 nitrogen and oxygen atoms in total. The summed E-state index contributed by atoms with van der Waals surface area (Å²) in [6.07, 6.45) is -3.51. The van der Waals surface area contributed by atoms with Gasteiger partial charge in [-0.05, 0) is 18.6 Å². The van der Waals surface area contributed by atoms with Crippen molar-refractivity contribution in [2.24, 2.45) is 0 Å². The van der Waals surface area contributed by atoms with Crippen LogP contribution >= 0.6 is 0 Å². The van der Waals surface area contributed by atoms with Gasteiger partial charge in [0, 0.05) is 20.1 Å². The molecule has 1 aliphatic heterocycles. The molecule has 0 saturated carbocycles. The standard InChI is InChI=1S/C13H18F3N3O/c1-3-10-8-19(4-5-20-10)12-7-9(13(14,15)16)6-11(17-2)18-12/h6-7,10H,3-5,8H2,1-2H3,(H,17,18). The van der Waals surface area contributed by atoms with E-state index in [1.807, 2.05) is 11.8 Å². The van der Waals surface area contributed by atoms with Gasteiger partial charge >= 0.3 is 6.18 Å². The van der Waals surface area contributed by atoms with Crippen molar-refractivity contribution >= 4 is 11.6 Å². The molecule has 1 atom stereocenters. The normalized spacial score (nSPS) is 20.1. The van der Waals surface area contributed by atoms with E-state index in [9.17, 15) is 13.2 Å². The lowest BCUT2D eigenvalue weighted by molar-refractivity contribution is -0.137. The molecule has 112 valence electrons. The molecule has 0 aliphatic carbocycles. The summed E-state index contributed by atoms with van der Waals surface area (Å²) >= 11 is 0. The van der Waals surface area contributed by atoms with E-state index >= 15 is 0 Å². The minimum Gasteiger partial charge on any atom is -0.375 e. The lowest BCUT2D eigenvalue weighted by Gasteiger charge is -2.33. The summed E-state index contributed by atoms with van der Waals surface area (Å²) in [4.78, 5) is 6.06. The van der Waals surface area contributed by atoms with Crippen molar-refractivity contribution in [3.63, 3.8) is 0 Å². The Hall–Kier alpha value is -1.50. The molecule has 0 bridgehead atoms. The molecule has 1 aromatic rings. The van der Waals surface area contributed by atoms with Crippen LogP contribution in [0.2, 0.25) is 0 Å². The summed E-state index contributed by atoms with van der Waals surface area (Å²) in [5.41, 5.74) is -0.689. The Morgan fingerprint density at radius 1 is 1.45 bits per heavy atom. The van der Waals surface area contributed by atoms with Gasteiger partial charge in [0.15, 0.2) is 0 Å². The Bertz CT molecular complexity index is 465. The molecule has 7 heteroatoms. The van der Waals surface area contributed by atoms with E-state index in [-0.39, 0.29) is 11.9 Å². The summed E-state index contributed by atoms with van der Waals surface area (Å²) < 4.78 is 44.2. The third kappa shape index (κ3) is 3.33. The Kier molecular flexibility index (Phi) is 4.37. The SMILES string of the molecule is CCC1CN(c2cc(C(F)(F)F)cc(NC)n2)CCO1. The van der Waals surface area contributed by atoms with Crippen molar-refractivity contribution in [3.8, 4) is 0 Å². The van der Waals surface area contributed by atoms with Gasteiger partial charge in [-0.1, -0.05) is 6.92 Å². The van der Waals surface area contributed by atoms with E-state index in [0.717, 1.165) is 18.6 Å². The number of pyridine rings is 1. The first-order valence-corrected chi connectivity index (χ1v) is 6.57. The van der Waals surface area contributed by atoms with E-state index in [0.29, 0.717) is 25.5 Å². The summed E-state index contributed by atoms with van der Waals surface area (Å²) in [7, 11) is 1.56. The molecular weight excluding hydrogens is 271 g/mol. The molecule has 1 N–H and O–H groups in total. The topological polar surface area (TPSA) is 37.4 Å². The molecule has 2 rings (SSSR count). The molecule has 1 aliphatic rings. The number of nitrogens with zero attached hydrogens (tertiary/aromatic N) is 2. The van der Waals surface area contributed by atoms with Gasteiger partial charge < -0.3 is 15.0 Å². The maximum atomic E-state index is 12.9. The average Bonchev–Trinajstić information content (AvgIpc) is 2.46. The average molecular weight is 289 g/mol. The van der Waals surface area contributed by atoms with Crippen LogP contribution in [0, 0.1) is 0 Å². The summed E-state index contributed by atoms with van der Waals surface area (Å²) in [6.45, 7) is 3.61. The zero-order chi connectivity index (χ0) is 14.8. The fourth-order valence-corrected chi connectivity index (χ4v) is 2.14. The highest BCUT2D eigenvalue weighted by Gasteiger charge is 2.32. The molecule has 1 aromatic heterocycles. The zero-order valence-electron chi connectivity index (χ0n) is 11.5. The molecule has 1 fully saturated rings. The van der Waals surface area contributed by atoms with Gasteiger partial charge in [-0.15, -0.1) is 0 Å². The van der Waals surface area contributed by atoms with Crippen LogP contribution < -0.4 is 10.2 Å². The van der Waals surface area contributed by atoms with Gasteiger partial charge in [-0.3, -0.25) is 0 Å². The minimum atomic E-state index is -4.38. The van der Waals surface area contributed by atoms with Gasteiger partial charge in [-0.25, -0.2) is 4.98 Å². The van der Waals surface area contributed by atoms with Gasteiger partial charge in [0.2, 0.25) is 0 Å². The summed E-state index contributed by atoms with van der Waals surface area (Å²) in [5.74, 6) is 0.556. The second-order valence-electron chi connectivity index (χ2n) is 4.69. The van der Waals surface area contributed by atoms with Crippen LogP contribution in [0.15, 0.2) is 12.1 Å². The van der Waals surface area contributed by atoms with E-state index in [2.05, 4.69) is 10.3 Å². The number of aromatic nitrogens is 1. The Morgan fingerprint density at radius 3 is 2.80 bits per heavy atom. The lowest BCUT2D eigenvalue weighted by Crippen LogP contribution is -2.42. The maximum absolute atomic E-state index is 12.9. The van der Waals surface area contributed by atoms with Crippen LogP contribution in [0.1, 0.15) is 18.9 Å². The van der Waals surface area contributed by atoms with Crippen LogP contribution in [0.4, 0.5) is 24.8 Å². The minimum absolute atomic E-state index is 0.0399. The number of nitrogens with one attached hydrogen (secondary N) is 1. The maximum Gasteiger partial charge on any atom is 0.416 e. The first-order chi connectivity index (χ1) is 9.44.